The van der Waals surface area contributed by atoms with Gasteiger partial charge in [0.2, 0.25) is 0 Å². The lowest BCUT2D eigenvalue weighted by Gasteiger charge is -2.13. The molecule has 1 fully saturated rings. The first-order chi connectivity index (χ1) is 7.27. The van der Waals surface area contributed by atoms with Gasteiger partial charge in [-0.3, -0.25) is 0 Å². The van der Waals surface area contributed by atoms with E-state index in [1.165, 1.54) is 0 Å². The number of aromatic nitrogens is 1. The summed E-state index contributed by atoms with van der Waals surface area (Å²) in [6, 6.07) is 3.96. The molecule has 2 rings (SSSR count). The van der Waals surface area contributed by atoms with Gasteiger partial charge in [-0.2, -0.15) is 11.8 Å². The molecule has 2 atom stereocenters. The zero-order valence-electron chi connectivity index (χ0n) is 8.65. The highest BCUT2D eigenvalue weighted by Crippen LogP contribution is 2.30. The molecule has 0 N–H and O–H groups in total. The molecule has 1 aromatic heterocycles. The van der Waals surface area contributed by atoms with Crippen molar-refractivity contribution in [2.45, 2.75) is 30.5 Å². The Hall–Kier alpha value is -0.250. The topological polar surface area (TPSA) is 22.1 Å². The first kappa shape index (κ1) is 11.2. The number of ether oxygens (including phenoxy) is 1. The largest absolute Gasteiger partial charge is 0.377 e. The third kappa shape index (κ3) is 2.86. The smallest absolute Gasteiger partial charge is 0.133 e. The summed E-state index contributed by atoms with van der Waals surface area (Å²) in [5, 5.41) is 1.22. The van der Waals surface area contributed by atoms with Crippen LogP contribution in [0.4, 0.5) is 0 Å². The minimum absolute atomic E-state index is 0.366. The Balaban J connectivity index is 1.90. The van der Waals surface area contributed by atoms with Crippen LogP contribution >= 0.6 is 23.4 Å². The van der Waals surface area contributed by atoms with E-state index in [0.29, 0.717) is 16.5 Å². The zero-order valence-corrected chi connectivity index (χ0v) is 10.2. The fourth-order valence-electron chi connectivity index (χ4n) is 1.65. The fourth-order valence-corrected chi connectivity index (χ4v) is 3.16. The van der Waals surface area contributed by atoms with Crippen molar-refractivity contribution in [3.8, 4) is 0 Å². The minimum atomic E-state index is 0.366. The Labute approximate surface area is 99.4 Å². The van der Waals surface area contributed by atoms with Crippen LogP contribution < -0.4 is 0 Å². The van der Waals surface area contributed by atoms with E-state index >= 15 is 0 Å². The van der Waals surface area contributed by atoms with Gasteiger partial charge in [0.15, 0.2) is 0 Å². The maximum absolute atomic E-state index is 5.99. The van der Waals surface area contributed by atoms with Crippen molar-refractivity contribution < 1.29 is 4.74 Å². The van der Waals surface area contributed by atoms with Crippen molar-refractivity contribution in [3.05, 3.63) is 29.0 Å². The molecule has 82 valence electrons. The number of rotatable bonds is 3. The van der Waals surface area contributed by atoms with Crippen molar-refractivity contribution in [1.82, 2.24) is 4.98 Å². The summed E-state index contributed by atoms with van der Waals surface area (Å²) in [7, 11) is 0. The number of pyridine rings is 1. The minimum Gasteiger partial charge on any atom is -0.377 e. The molecule has 0 bridgehead atoms. The molecule has 1 aliphatic heterocycles. The summed E-state index contributed by atoms with van der Waals surface area (Å²) in [5.74, 6) is 0.922. The molecule has 1 saturated heterocycles. The van der Waals surface area contributed by atoms with Crippen LogP contribution in [-0.4, -0.2) is 22.9 Å². The van der Waals surface area contributed by atoms with Gasteiger partial charge in [0, 0.05) is 23.8 Å². The summed E-state index contributed by atoms with van der Waals surface area (Å²) < 4.78 is 5.51. The SMILES string of the molecule is CC1OCCC1SCc1cccnc1Cl. The molecule has 0 saturated carbocycles. The van der Waals surface area contributed by atoms with E-state index in [1.54, 1.807) is 6.20 Å². The third-order valence-corrected chi connectivity index (χ3v) is 4.46. The highest BCUT2D eigenvalue weighted by atomic mass is 35.5. The van der Waals surface area contributed by atoms with Crippen molar-refractivity contribution in [2.24, 2.45) is 0 Å². The van der Waals surface area contributed by atoms with Gasteiger partial charge in [-0.05, 0) is 25.0 Å². The number of hydrogen-bond acceptors (Lipinski definition) is 3. The van der Waals surface area contributed by atoms with Gasteiger partial charge in [-0.25, -0.2) is 4.98 Å². The molecule has 1 aliphatic rings. The first-order valence-corrected chi connectivity index (χ1v) is 6.52. The molecule has 2 nitrogen and oxygen atoms in total. The zero-order chi connectivity index (χ0) is 10.7. The first-order valence-electron chi connectivity index (χ1n) is 5.10. The molecular formula is C11H14ClNOS. The van der Waals surface area contributed by atoms with Crippen LogP contribution in [0.5, 0.6) is 0 Å². The average Bonchev–Trinajstić information content (AvgIpc) is 2.63. The van der Waals surface area contributed by atoms with E-state index in [0.717, 1.165) is 24.3 Å². The van der Waals surface area contributed by atoms with Crippen LogP contribution in [0.1, 0.15) is 18.9 Å². The van der Waals surface area contributed by atoms with E-state index in [1.807, 2.05) is 23.9 Å². The second-order valence-electron chi connectivity index (χ2n) is 3.67. The van der Waals surface area contributed by atoms with Crippen LogP contribution in [0, 0.1) is 0 Å². The normalized spacial score (nSPS) is 25.7. The van der Waals surface area contributed by atoms with Crippen LogP contribution in [0.2, 0.25) is 5.15 Å². The van der Waals surface area contributed by atoms with E-state index in [2.05, 4.69) is 11.9 Å². The van der Waals surface area contributed by atoms with Crippen LogP contribution in [0.25, 0.3) is 0 Å². The summed E-state index contributed by atoms with van der Waals surface area (Å²) in [6.45, 7) is 3.02. The lowest BCUT2D eigenvalue weighted by Crippen LogP contribution is -2.13. The van der Waals surface area contributed by atoms with Gasteiger partial charge in [0.05, 0.1) is 6.10 Å². The third-order valence-electron chi connectivity index (χ3n) is 2.60. The second-order valence-corrected chi connectivity index (χ2v) is 5.25. The molecule has 4 heteroatoms. The molecule has 2 unspecified atom stereocenters. The molecule has 0 amide bonds. The number of hydrogen-bond donors (Lipinski definition) is 0. The number of halogens is 1. The maximum Gasteiger partial charge on any atom is 0.133 e. The Morgan fingerprint density at radius 3 is 3.20 bits per heavy atom. The van der Waals surface area contributed by atoms with Gasteiger partial charge < -0.3 is 4.74 Å². The lowest BCUT2D eigenvalue weighted by atomic mass is 10.3. The van der Waals surface area contributed by atoms with Crippen LogP contribution in [0.3, 0.4) is 0 Å². The quantitative estimate of drug-likeness (QED) is 0.762. The van der Waals surface area contributed by atoms with Gasteiger partial charge in [-0.15, -0.1) is 0 Å². The number of thioether (sulfide) groups is 1. The predicted octanol–water partition coefficient (Wildman–Crippen LogP) is 3.15. The predicted molar refractivity (Wildman–Crippen MR) is 64.4 cm³/mol. The van der Waals surface area contributed by atoms with Crippen LogP contribution in [-0.2, 0) is 10.5 Å². The molecule has 0 aromatic carbocycles. The van der Waals surface area contributed by atoms with E-state index in [-0.39, 0.29) is 0 Å². The Bertz CT molecular complexity index is 334. The van der Waals surface area contributed by atoms with E-state index in [9.17, 15) is 0 Å². The Kier molecular flexibility index (Phi) is 3.89. The molecule has 2 heterocycles. The summed E-state index contributed by atoms with van der Waals surface area (Å²) in [5.41, 5.74) is 1.11. The Morgan fingerprint density at radius 2 is 2.53 bits per heavy atom. The summed E-state index contributed by atoms with van der Waals surface area (Å²) in [6.07, 6.45) is 3.23. The van der Waals surface area contributed by atoms with Crippen molar-refractivity contribution in [2.75, 3.05) is 6.61 Å². The molecule has 0 spiro atoms. The molecule has 0 aliphatic carbocycles. The number of nitrogens with zero attached hydrogens (tertiary/aromatic N) is 1. The van der Waals surface area contributed by atoms with Crippen molar-refractivity contribution in [3.63, 3.8) is 0 Å². The van der Waals surface area contributed by atoms with Gasteiger partial charge in [-0.1, -0.05) is 17.7 Å². The van der Waals surface area contributed by atoms with Crippen LogP contribution in [0.15, 0.2) is 18.3 Å². The van der Waals surface area contributed by atoms with Gasteiger partial charge in [0.1, 0.15) is 5.15 Å². The second kappa shape index (κ2) is 5.19. The monoisotopic (exact) mass is 243 g/mol. The molecule has 0 radical (unpaired) electrons. The highest BCUT2D eigenvalue weighted by molar-refractivity contribution is 7.99. The van der Waals surface area contributed by atoms with E-state index < -0.39 is 0 Å². The molecular weight excluding hydrogens is 230 g/mol. The van der Waals surface area contributed by atoms with E-state index in [4.69, 9.17) is 16.3 Å². The molecule has 15 heavy (non-hydrogen) atoms. The summed E-state index contributed by atoms with van der Waals surface area (Å²) in [4.78, 5) is 4.06. The fraction of sp³-hybridized carbons (Fsp3) is 0.545. The molecule has 1 aromatic rings. The summed E-state index contributed by atoms with van der Waals surface area (Å²) >= 11 is 7.90. The van der Waals surface area contributed by atoms with Gasteiger partial charge >= 0.3 is 0 Å². The lowest BCUT2D eigenvalue weighted by molar-refractivity contribution is 0.127. The van der Waals surface area contributed by atoms with Crippen molar-refractivity contribution in [1.29, 1.82) is 0 Å². The Morgan fingerprint density at radius 1 is 1.67 bits per heavy atom. The standard InChI is InChI=1S/C11H14ClNOS/c1-8-10(4-6-14-8)15-7-9-3-2-5-13-11(9)12/h2-3,5,8,10H,4,6-7H2,1H3. The van der Waals surface area contributed by atoms with Crippen molar-refractivity contribution >= 4 is 23.4 Å². The average molecular weight is 244 g/mol. The maximum atomic E-state index is 5.99. The highest BCUT2D eigenvalue weighted by Gasteiger charge is 2.24. The van der Waals surface area contributed by atoms with Gasteiger partial charge in [0.25, 0.3) is 0 Å².